The van der Waals surface area contributed by atoms with Crippen molar-refractivity contribution in [3.8, 4) is 0 Å². The van der Waals surface area contributed by atoms with Crippen molar-refractivity contribution < 1.29 is 9.59 Å². The highest BCUT2D eigenvalue weighted by Crippen LogP contribution is 2.30. The van der Waals surface area contributed by atoms with Crippen molar-refractivity contribution in [2.45, 2.75) is 13.0 Å². The average Bonchev–Trinajstić information content (AvgIpc) is 2.78. The number of hydrogen-bond acceptors (Lipinski definition) is 2. The Morgan fingerprint density at radius 3 is 2.39 bits per heavy atom. The van der Waals surface area contributed by atoms with E-state index in [1.807, 2.05) is 72.8 Å². The van der Waals surface area contributed by atoms with E-state index in [2.05, 4.69) is 10.6 Å². The Labute approximate surface area is 186 Å². The monoisotopic (exact) mass is 434 g/mol. The second kappa shape index (κ2) is 9.53. The van der Waals surface area contributed by atoms with Gasteiger partial charge in [0.25, 0.3) is 0 Å². The van der Waals surface area contributed by atoms with Crippen molar-refractivity contribution in [1.82, 2.24) is 4.90 Å². The minimum atomic E-state index is -0.365. The molecule has 0 spiro atoms. The maximum atomic E-state index is 13.3. The van der Waals surface area contributed by atoms with E-state index in [0.717, 1.165) is 12.0 Å². The minimum Gasteiger partial charge on any atom is -0.320 e. The zero-order chi connectivity index (χ0) is 21.6. The number of anilines is 3. The molecular weight excluding hydrogens is 412 g/mol. The number of para-hydroxylation sites is 3. The Morgan fingerprint density at radius 1 is 0.871 bits per heavy atom. The molecule has 1 heterocycles. The summed E-state index contributed by atoms with van der Waals surface area (Å²) >= 11 is 6.29. The van der Waals surface area contributed by atoms with Crippen molar-refractivity contribution in [3.63, 3.8) is 0 Å². The Bertz CT molecular complexity index is 1070. The van der Waals surface area contributed by atoms with Crippen molar-refractivity contribution in [2.75, 3.05) is 28.6 Å². The number of urea groups is 2. The lowest BCUT2D eigenvalue weighted by Gasteiger charge is -2.36. The van der Waals surface area contributed by atoms with E-state index in [-0.39, 0.29) is 12.1 Å². The van der Waals surface area contributed by atoms with Gasteiger partial charge in [-0.1, -0.05) is 60.1 Å². The fraction of sp³-hybridized carbons (Fsp3) is 0.167. The molecule has 1 saturated heterocycles. The Kier molecular flexibility index (Phi) is 6.38. The van der Waals surface area contributed by atoms with Gasteiger partial charge in [-0.2, -0.15) is 0 Å². The lowest BCUT2D eigenvalue weighted by Crippen LogP contribution is -2.49. The van der Waals surface area contributed by atoms with Crippen LogP contribution in [0.15, 0.2) is 78.9 Å². The third-order valence-electron chi connectivity index (χ3n) is 5.10. The molecule has 0 unspecified atom stereocenters. The van der Waals surface area contributed by atoms with Gasteiger partial charge in [-0.3, -0.25) is 4.90 Å². The van der Waals surface area contributed by atoms with Crippen molar-refractivity contribution in [2.24, 2.45) is 0 Å². The van der Waals surface area contributed by atoms with Crippen LogP contribution in [0.2, 0.25) is 5.02 Å². The summed E-state index contributed by atoms with van der Waals surface area (Å²) < 4.78 is 0. The second-order valence-corrected chi connectivity index (χ2v) is 7.67. The Hall–Kier alpha value is -3.51. The standard InChI is InChI=1S/C24H23ClN4O2/c25-20-12-5-4-9-18(20)17-28-15-8-16-29(24(28)31)22-14-7-6-13-21(22)27-23(30)26-19-10-2-1-3-11-19/h1-7,9-14H,8,15-17H2,(H2,26,27,30). The van der Waals surface area contributed by atoms with E-state index in [1.54, 1.807) is 15.9 Å². The minimum absolute atomic E-state index is 0.108. The van der Waals surface area contributed by atoms with Gasteiger partial charge < -0.3 is 15.5 Å². The molecule has 3 aromatic rings. The van der Waals surface area contributed by atoms with Gasteiger partial charge in [-0.25, -0.2) is 9.59 Å². The van der Waals surface area contributed by atoms with Crippen LogP contribution in [-0.2, 0) is 6.54 Å². The predicted molar refractivity (Wildman–Crippen MR) is 125 cm³/mol. The summed E-state index contributed by atoms with van der Waals surface area (Å²) in [5.41, 5.74) is 2.84. The first-order chi connectivity index (χ1) is 15.1. The first-order valence-corrected chi connectivity index (χ1v) is 10.5. The summed E-state index contributed by atoms with van der Waals surface area (Å²) in [5.74, 6) is 0. The Balaban J connectivity index is 1.50. The van der Waals surface area contributed by atoms with Gasteiger partial charge in [0.1, 0.15) is 0 Å². The van der Waals surface area contributed by atoms with Crippen LogP contribution < -0.4 is 15.5 Å². The number of benzene rings is 3. The third kappa shape index (κ3) is 4.98. The third-order valence-corrected chi connectivity index (χ3v) is 5.47. The number of carbonyl (C=O) groups is 2. The first-order valence-electron chi connectivity index (χ1n) is 10.1. The van der Waals surface area contributed by atoms with Crippen molar-refractivity contribution >= 4 is 40.7 Å². The molecule has 2 N–H and O–H groups in total. The van der Waals surface area contributed by atoms with Gasteiger partial charge >= 0.3 is 12.1 Å². The number of hydrogen-bond donors (Lipinski definition) is 2. The van der Waals surface area contributed by atoms with Crippen molar-refractivity contribution in [3.05, 3.63) is 89.4 Å². The molecule has 3 aromatic carbocycles. The lowest BCUT2D eigenvalue weighted by molar-refractivity contribution is 0.192. The molecule has 0 radical (unpaired) electrons. The van der Waals surface area contributed by atoms with Crippen LogP contribution in [0.5, 0.6) is 0 Å². The van der Waals surface area contributed by atoms with Gasteiger partial charge in [0.05, 0.1) is 11.4 Å². The fourth-order valence-electron chi connectivity index (χ4n) is 3.60. The highest BCUT2D eigenvalue weighted by molar-refractivity contribution is 6.31. The summed E-state index contributed by atoms with van der Waals surface area (Å²) in [4.78, 5) is 29.2. The fourth-order valence-corrected chi connectivity index (χ4v) is 3.80. The molecule has 0 aliphatic carbocycles. The largest absolute Gasteiger partial charge is 0.324 e. The highest BCUT2D eigenvalue weighted by atomic mass is 35.5. The van der Waals surface area contributed by atoms with Crippen LogP contribution in [0.1, 0.15) is 12.0 Å². The summed E-state index contributed by atoms with van der Waals surface area (Å²) in [5, 5.41) is 6.31. The quantitative estimate of drug-likeness (QED) is 0.531. The molecule has 6 nitrogen and oxygen atoms in total. The van der Waals surface area contributed by atoms with Gasteiger partial charge in [-0.15, -0.1) is 0 Å². The molecule has 1 aliphatic rings. The molecule has 1 fully saturated rings. The normalized spacial score (nSPS) is 13.8. The topological polar surface area (TPSA) is 64.7 Å². The molecule has 0 atom stereocenters. The number of amides is 4. The summed E-state index contributed by atoms with van der Waals surface area (Å²) in [6.45, 7) is 1.68. The average molecular weight is 435 g/mol. The van der Waals surface area contributed by atoms with Crippen LogP contribution in [0, 0.1) is 0 Å². The van der Waals surface area contributed by atoms with Gasteiger partial charge in [0.2, 0.25) is 0 Å². The number of carbonyl (C=O) groups excluding carboxylic acids is 2. The molecule has 0 bridgehead atoms. The van der Waals surface area contributed by atoms with E-state index in [9.17, 15) is 9.59 Å². The van der Waals surface area contributed by atoms with Crippen molar-refractivity contribution in [1.29, 1.82) is 0 Å². The van der Waals surface area contributed by atoms with E-state index in [4.69, 9.17) is 11.6 Å². The predicted octanol–water partition coefficient (Wildman–Crippen LogP) is 5.82. The Morgan fingerprint density at radius 2 is 1.58 bits per heavy atom. The molecular formula is C24H23ClN4O2. The molecule has 4 rings (SSSR count). The molecule has 31 heavy (non-hydrogen) atoms. The smallest absolute Gasteiger partial charge is 0.320 e. The number of rotatable bonds is 5. The maximum absolute atomic E-state index is 13.3. The van der Waals surface area contributed by atoms with Crippen LogP contribution in [-0.4, -0.2) is 30.1 Å². The summed E-state index contributed by atoms with van der Waals surface area (Å²) in [6.07, 6.45) is 0.820. The molecule has 0 aromatic heterocycles. The lowest BCUT2D eigenvalue weighted by atomic mass is 10.1. The maximum Gasteiger partial charge on any atom is 0.324 e. The molecule has 0 saturated carbocycles. The van der Waals surface area contributed by atoms with Gasteiger partial charge in [0, 0.05) is 30.3 Å². The van der Waals surface area contributed by atoms with Gasteiger partial charge in [-0.05, 0) is 42.3 Å². The van der Waals surface area contributed by atoms with E-state index < -0.39 is 0 Å². The van der Waals surface area contributed by atoms with Crippen LogP contribution >= 0.6 is 11.6 Å². The molecule has 7 heteroatoms. The number of halogens is 1. The zero-order valence-corrected chi connectivity index (χ0v) is 17.7. The van der Waals surface area contributed by atoms with Gasteiger partial charge in [0.15, 0.2) is 0 Å². The summed E-state index contributed by atoms with van der Waals surface area (Å²) in [6, 6.07) is 23.6. The first kappa shape index (κ1) is 20.8. The second-order valence-electron chi connectivity index (χ2n) is 7.26. The molecule has 4 amide bonds. The number of nitrogens with zero attached hydrogens (tertiary/aromatic N) is 2. The summed E-state index contributed by atoms with van der Waals surface area (Å²) in [7, 11) is 0. The SMILES string of the molecule is O=C(Nc1ccccc1)Nc1ccccc1N1CCCN(Cc2ccccc2Cl)C1=O. The number of nitrogens with one attached hydrogen (secondary N) is 2. The van der Waals surface area contributed by atoms with E-state index >= 15 is 0 Å². The van der Waals surface area contributed by atoms with Crippen LogP contribution in [0.3, 0.4) is 0 Å². The molecule has 1 aliphatic heterocycles. The van der Waals surface area contributed by atoms with Crippen LogP contribution in [0.4, 0.5) is 26.7 Å². The van der Waals surface area contributed by atoms with Crippen LogP contribution in [0.25, 0.3) is 0 Å². The molecule has 158 valence electrons. The highest BCUT2D eigenvalue weighted by Gasteiger charge is 2.28. The van der Waals surface area contributed by atoms with E-state index in [0.29, 0.717) is 41.7 Å². The zero-order valence-electron chi connectivity index (χ0n) is 16.9. The van der Waals surface area contributed by atoms with E-state index in [1.165, 1.54) is 0 Å².